The Kier molecular flexibility index (Phi) is 7.82. The molecule has 3 heteroatoms. The summed E-state index contributed by atoms with van der Waals surface area (Å²) in [5.74, 6) is 0.700. The summed E-state index contributed by atoms with van der Waals surface area (Å²) >= 11 is 11.8. The van der Waals surface area contributed by atoms with Crippen molar-refractivity contribution < 1.29 is 0 Å². The van der Waals surface area contributed by atoms with Crippen molar-refractivity contribution in [3.8, 4) is 33.4 Å². The normalized spacial score (nSPS) is 17.4. The summed E-state index contributed by atoms with van der Waals surface area (Å²) in [7, 11) is 0. The van der Waals surface area contributed by atoms with Crippen LogP contribution in [0.15, 0.2) is 159 Å². The van der Waals surface area contributed by atoms with Crippen molar-refractivity contribution in [2.45, 2.75) is 37.0 Å². The molecule has 0 spiro atoms. The monoisotopic (exact) mass is 846 g/mol. The van der Waals surface area contributed by atoms with Crippen LogP contribution in [0.5, 0.6) is 0 Å². The minimum Gasteiger partial charge on any atom is -0.0619 e. The van der Waals surface area contributed by atoms with Crippen LogP contribution >= 0.6 is 47.8 Å². The fraction of sp³-hybridized carbons (Fsp3) is 0.125. The summed E-state index contributed by atoms with van der Waals surface area (Å²) in [4.78, 5) is 0. The van der Waals surface area contributed by atoms with Crippen molar-refractivity contribution in [1.82, 2.24) is 0 Å². The fourth-order valence-corrected chi connectivity index (χ4v) is 10.9. The Morgan fingerprint density at radius 3 is 0.863 bits per heavy atom. The first-order valence-electron chi connectivity index (χ1n) is 17.8. The van der Waals surface area contributed by atoms with Crippen molar-refractivity contribution in [2.24, 2.45) is 0 Å². The molecule has 3 aliphatic rings. The predicted octanol–water partition coefficient (Wildman–Crippen LogP) is 14.0. The lowest BCUT2D eigenvalue weighted by Gasteiger charge is -2.25. The van der Waals surface area contributed by atoms with Gasteiger partial charge in [0.2, 0.25) is 0 Å². The first kappa shape index (κ1) is 31.7. The van der Waals surface area contributed by atoms with Gasteiger partial charge in [0.05, 0.1) is 0 Å². The zero-order valence-electron chi connectivity index (χ0n) is 27.8. The Bertz CT molecular complexity index is 2230. The Morgan fingerprint density at radius 1 is 0.314 bits per heavy atom. The molecule has 0 bridgehead atoms. The third kappa shape index (κ3) is 4.95. The Balaban J connectivity index is 1.32. The smallest absolute Gasteiger partial charge is 0.0207 e. The van der Waals surface area contributed by atoms with Gasteiger partial charge in [-0.1, -0.05) is 175 Å². The summed E-state index contributed by atoms with van der Waals surface area (Å²) in [5, 5.41) is 0. The lowest BCUT2D eigenvalue weighted by molar-refractivity contribution is 0.799. The van der Waals surface area contributed by atoms with E-state index < -0.39 is 0 Å². The maximum absolute atomic E-state index is 3.94. The fourth-order valence-electron chi connectivity index (χ4n) is 9.57. The zero-order valence-corrected chi connectivity index (χ0v) is 32.6. The van der Waals surface area contributed by atoms with E-state index in [2.05, 4.69) is 193 Å². The van der Waals surface area contributed by atoms with Gasteiger partial charge in [-0.25, -0.2) is 0 Å². The van der Waals surface area contributed by atoms with Gasteiger partial charge in [-0.3, -0.25) is 0 Å². The number of halogens is 3. The van der Waals surface area contributed by atoms with Crippen LogP contribution in [0.2, 0.25) is 0 Å². The number of benzene rings is 7. The first-order valence-corrected chi connectivity index (χ1v) is 20.2. The molecule has 51 heavy (non-hydrogen) atoms. The second kappa shape index (κ2) is 12.6. The standard InChI is InChI=1S/C48H33Br3/c49-40-22-10-1-13-28(40)25-37-31-16-4-7-19-34(31)43-46(37)44-35-20-8-5-17-32(35)38(26-29-14-2-11-23-41(29)50)48(44)45-36-21-9-6-18-33(36)39(47(43)45)27-30-15-3-12-24-42(30)51/h1-24,37-39H,25-27H2/t37-,38-,39+/m1/s1. The molecule has 3 aliphatic carbocycles. The van der Waals surface area contributed by atoms with Crippen molar-refractivity contribution in [1.29, 1.82) is 0 Å². The molecule has 0 aromatic heterocycles. The van der Waals surface area contributed by atoms with Crippen LogP contribution in [-0.4, -0.2) is 0 Å². The molecule has 0 amide bonds. The lowest BCUT2D eigenvalue weighted by Crippen LogP contribution is -2.09. The Hall–Kier alpha value is -4.02. The first-order chi connectivity index (χ1) is 25.1. The molecule has 0 nitrogen and oxygen atoms in total. The molecule has 3 atom stereocenters. The molecule has 0 fully saturated rings. The van der Waals surface area contributed by atoms with Gasteiger partial charge in [0.1, 0.15) is 0 Å². The van der Waals surface area contributed by atoms with Crippen molar-refractivity contribution >= 4 is 47.8 Å². The minimum atomic E-state index is 0.233. The summed E-state index contributed by atoms with van der Waals surface area (Å²) < 4.78 is 3.54. The molecule has 7 aromatic rings. The molecule has 0 N–H and O–H groups in total. The van der Waals surface area contributed by atoms with E-state index in [1.807, 2.05) is 0 Å². The van der Waals surface area contributed by atoms with E-state index in [4.69, 9.17) is 0 Å². The molecule has 10 rings (SSSR count). The highest BCUT2D eigenvalue weighted by Crippen LogP contribution is 2.65. The van der Waals surface area contributed by atoms with E-state index in [0.29, 0.717) is 0 Å². The van der Waals surface area contributed by atoms with Crippen LogP contribution in [-0.2, 0) is 19.3 Å². The molecule has 246 valence electrons. The highest BCUT2D eigenvalue weighted by molar-refractivity contribution is 9.11. The van der Waals surface area contributed by atoms with Crippen molar-refractivity contribution in [3.63, 3.8) is 0 Å². The number of hydrogen-bond donors (Lipinski definition) is 0. The molecule has 0 radical (unpaired) electrons. The van der Waals surface area contributed by atoms with Crippen LogP contribution in [0.1, 0.15) is 67.8 Å². The average molecular weight is 850 g/mol. The third-order valence-corrected chi connectivity index (χ3v) is 13.9. The quantitative estimate of drug-likeness (QED) is 0.156. The lowest BCUT2D eigenvalue weighted by atomic mass is 9.77. The maximum atomic E-state index is 3.94. The van der Waals surface area contributed by atoms with E-state index in [0.717, 1.165) is 19.3 Å². The minimum absolute atomic E-state index is 0.233. The average Bonchev–Trinajstić information content (AvgIpc) is 3.77. The van der Waals surface area contributed by atoms with Crippen molar-refractivity contribution in [2.75, 3.05) is 0 Å². The van der Waals surface area contributed by atoms with Gasteiger partial charge in [0.25, 0.3) is 0 Å². The Morgan fingerprint density at radius 2 is 0.569 bits per heavy atom. The van der Waals surface area contributed by atoms with Gasteiger partial charge in [-0.05, 0) is 121 Å². The van der Waals surface area contributed by atoms with Crippen molar-refractivity contribution in [3.05, 3.63) is 209 Å². The summed E-state index contributed by atoms with van der Waals surface area (Å²) in [6.45, 7) is 0. The molecule has 7 aromatic carbocycles. The molecular weight excluding hydrogens is 816 g/mol. The highest BCUT2D eigenvalue weighted by Gasteiger charge is 2.46. The van der Waals surface area contributed by atoms with E-state index >= 15 is 0 Å². The van der Waals surface area contributed by atoms with Gasteiger partial charge in [0.15, 0.2) is 0 Å². The van der Waals surface area contributed by atoms with E-state index in [9.17, 15) is 0 Å². The van der Waals surface area contributed by atoms with Crippen LogP contribution in [0.25, 0.3) is 33.4 Å². The molecule has 0 saturated heterocycles. The second-order valence-corrected chi connectivity index (χ2v) is 16.7. The Labute approximate surface area is 325 Å². The largest absolute Gasteiger partial charge is 0.0619 e. The summed E-state index contributed by atoms with van der Waals surface area (Å²) in [6, 6.07) is 54.3. The van der Waals surface area contributed by atoms with Gasteiger partial charge in [0, 0.05) is 31.2 Å². The summed E-state index contributed by atoms with van der Waals surface area (Å²) in [6.07, 6.45) is 2.82. The number of rotatable bonds is 6. The van der Waals surface area contributed by atoms with E-state index in [-0.39, 0.29) is 17.8 Å². The van der Waals surface area contributed by atoms with Gasteiger partial charge in [-0.2, -0.15) is 0 Å². The number of hydrogen-bond acceptors (Lipinski definition) is 0. The van der Waals surface area contributed by atoms with Gasteiger partial charge in [-0.15, -0.1) is 0 Å². The zero-order chi connectivity index (χ0) is 34.2. The molecule has 0 aliphatic heterocycles. The van der Waals surface area contributed by atoms with Crippen LogP contribution in [0.4, 0.5) is 0 Å². The molecular formula is C48H33Br3. The molecule has 0 unspecified atom stereocenters. The highest BCUT2D eigenvalue weighted by atomic mass is 79.9. The molecule has 0 saturated carbocycles. The maximum Gasteiger partial charge on any atom is 0.0207 e. The number of fused-ring (bicyclic) bond motifs is 12. The van der Waals surface area contributed by atoms with E-state index in [1.165, 1.54) is 96.9 Å². The van der Waals surface area contributed by atoms with E-state index in [1.54, 1.807) is 0 Å². The molecule has 0 heterocycles. The third-order valence-electron chi connectivity index (χ3n) is 11.6. The second-order valence-electron chi connectivity index (χ2n) is 14.2. The van der Waals surface area contributed by atoms with Crippen LogP contribution < -0.4 is 0 Å². The van der Waals surface area contributed by atoms with Gasteiger partial charge >= 0.3 is 0 Å². The van der Waals surface area contributed by atoms with Crippen LogP contribution in [0, 0.1) is 0 Å². The summed E-state index contributed by atoms with van der Waals surface area (Å²) in [5.41, 5.74) is 21.6. The topological polar surface area (TPSA) is 0 Å². The van der Waals surface area contributed by atoms with Crippen LogP contribution in [0.3, 0.4) is 0 Å². The van der Waals surface area contributed by atoms with Gasteiger partial charge < -0.3 is 0 Å². The SMILES string of the molecule is Brc1ccccc1C[C@@H]1c2ccccc2-c2c1c1c(c3c2[C@@H](Cc2ccccc2Br)c2ccccc2-3)[C@H](Cc2ccccc2Br)c2ccccc2-1. The predicted molar refractivity (Wildman–Crippen MR) is 222 cm³/mol.